The van der Waals surface area contributed by atoms with E-state index in [1.54, 1.807) is 11.1 Å². The summed E-state index contributed by atoms with van der Waals surface area (Å²) in [5, 5.41) is 2.47. The Morgan fingerprint density at radius 3 is 1.75 bits per heavy atom. The minimum atomic E-state index is -0.0955. The number of hydrogen-bond donors (Lipinski definition) is 0. The van der Waals surface area contributed by atoms with Gasteiger partial charge in [-0.3, -0.25) is 0 Å². The summed E-state index contributed by atoms with van der Waals surface area (Å²) in [5.74, 6) is 4.10. The second kappa shape index (κ2) is 11.8. The van der Waals surface area contributed by atoms with Gasteiger partial charge in [-0.05, 0) is 166 Å². The number of nitrogens with zero attached hydrogens (tertiary/aromatic N) is 1. The molecule has 0 radical (unpaired) electrons. The second-order valence-electron chi connectivity index (χ2n) is 19.8. The van der Waals surface area contributed by atoms with E-state index in [9.17, 15) is 0 Å². The molecule has 6 aliphatic rings. The average molecular weight is 744 g/mol. The van der Waals surface area contributed by atoms with Crippen LogP contribution in [0.5, 0.6) is 0 Å². The molecular formula is C55H53NO. The summed E-state index contributed by atoms with van der Waals surface area (Å²) in [7, 11) is 0. The Morgan fingerprint density at radius 2 is 1.09 bits per heavy atom. The normalized spacial score (nSPS) is 24.5. The highest BCUT2D eigenvalue weighted by molar-refractivity contribution is 6.08. The molecule has 1 aromatic heterocycles. The summed E-state index contributed by atoms with van der Waals surface area (Å²) in [4.78, 5) is 2.54. The van der Waals surface area contributed by atoms with Crippen LogP contribution in [-0.2, 0) is 10.8 Å². The van der Waals surface area contributed by atoms with E-state index < -0.39 is 0 Å². The first kappa shape index (κ1) is 34.0. The Kier molecular flexibility index (Phi) is 7.01. The molecule has 0 saturated heterocycles. The first-order valence-electron chi connectivity index (χ1n) is 21.9. The molecule has 0 unspecified atom stereocenters. The predicted molar refractivity (Wildman–Crippen MR) is 237 cm³/mol. The van der Waals surface area contributed by atoms with Crippen molar-refractivity contribution < 1.29 is 4.42 Å². The van der Waals surface area contributed by atoms with Gasteiger partial charge in [-0.25, -0.2) is 0 Å². The van der Waals surface area contributed by atoms with Gasteiger partial charge in [0.1, 0.15) is 11.2 Å². The lowest BCUT2D eigenvalue weighted by molar-refractivity contribution is -0.0399. The molecule has 4 fully saturated rings. The van der Waals surface area contributed by atoms with Crippen LogP contribution in [0.4, 0.5) is 17.1 Å². The maximum atomic E-state index is 6.89. The van der Waals surface area contributed by atoms with E-state index in [1.807, 2.05) is 0 Å². The summed E-state index contributed by atoms with van der Waals surface area (Å²) >= 11 is 0. The van der Waals surface area contributed by atoms with Gasteiger partial charge in [-0.1, -0.05) is 108 Å². The molecule has 0 aliphatic heterocycles. The summed E-state index contributed by atoms with van der Waals surface area (Å²) < 4.78 is 6.89. The molecule has 2 heteroatoms. The first-order valence-corrected chi connectivity index (χ1v) is 21.9. The fourth-order valence-electron chi connectivity index (χ4n) is 13.4. The van der Waals surface area contributed by atoms with E-state index >= 15 is 0 Å². The van der Waals surface area contributed by atoms with Gasteiger partial charge in [-0.15, -0.1) is 0 Å². The Labute approximate surface area is 337 Å². The molecule has 2 nitrogen and oxygen atoms in total. The van der Waals surface area contributed by atoms with Crippen LogP contribution in [0.25, 0.3) is 44.2 Å². The lowest BCUT2D eigenvalue weighted by Gasteiger charge is -2.61. The van der Waals surface area contributed by atoms with Crippen molar-refractivity contribution in [3.05, 3.63) is 149 Å². The predicted octanol–water partition coefficient (Wildman–Crippen LogP) is 15.3. The fourth-order valence-corrected chi connectivity index (χ4v) is 13.4. The third-order valence-corrected chi connectivity index (χ3v) is 15.8. The molecule has 4 saturated carbocycles. The largest absolute Gasteiger partial charge is 0.456 e. The third kappa shape index (κ3) is 4.54. The number of fused-ring (bicyclic) bond motifs is 9. The molecule has 1 heterocycles. The minimum Gasteiger partial charge on any atom is -0.456 e. The van der Waals surface area contributed by atoms with Gasteiger partial charge >= 0.3 is 0 Å². The van der Waals surface area contributed by atoms with Crippen molar-refractivity contribution >= 4 is 39.0 Å². The fraction of sp³-hybridized carbons (Fsp3) is 0.345. The number of benzene rings is 6. The van der Waals surface area contributed by atoms with Gasteiger partial charge in [0.05, 0.1) is 0 Å². The van der Waals surface area contributed by atoms with Crippen molar-refractivity contribution in [1.29, 1.82) is 0 Å². The molecule has 7 aromatic rings. The van der Waals surface area contributed by atoms with Gasteiger partial charge in [-0.2, -0.15) is 0 Å². The van der Waals surface area contributed by atoms with Crippen molar-refractivity contribution in [3.63, 3.8) is 0 Å². The highest BCUT2D eigenvalue weighted by Crippen LogP contribution is 2.69. The second-order valence-corrected chi connectivity index (χ2v) is 19.8. The molecule has 13 rings (SSSR count). The van der Waals surface area contributed by atoms with Gasteiger partial charge in [0.25, 0.3) is 0 Å². The van der Waals surface area contributed by atoms with Crippen LogP contribution < -0.4 is 4.90 Å². The monoisotopic (exact) mass is 743 g/mol. The Hall–Kier alpha value is -5.08. The zero-order valence-electron chi connectivity index (χ0n) is 34.3. The summed E-state index contributed by atoms with van der Waals surface area (Å²) in [6.07, 6.45) is 7.00. The lowest BCUT2D eigenvalue weighted by atomic mass is 9.43. The van der Waals surface area contributed by atoms with Crippen molar-refractivity contribution in [3.8, 4) is 22.3 Å². The summed E-state index contributed by atoms with van der Waals surface area (Å²) in [5.41, 5.74) is 19.9. The molecule has 0 N–H and O–H groups in total. The first-order chi connectivity index (χ1) is 27.6. The molecule has 57 heavy (non-hydrogen) atoms. The smallest absolute Gasteiger partial charge is 0.137 e. The molecular weight excluding hydrogens is 691 g/mol. The highest BCUT2D eigenvalue weighted by atomic mass is 16.3. The molecule has 0 amide bonds. The van der Waals surface area contributed by atoms with Crippen LogP contribution >= 0.6 is 0 Å². The zero-order chi connectivity index (χ0) is 38.5. The van der Waals surface area contributed by atoms with Gasteiger partial charge < -0.3 is 9.32 Å². The number of rotatable bonds is 5. The minimum absolute atomic E-state index is 0.0955. The molecule has 6 aromatic carbocycles. The van der Waals surface area contributed by atoms with Crippen molar-refractivity contribution in [2.45, 2.75) is 96.3 Å². The zero-order valence-corrected chi connectivity index (χ0v) is 34.3. The van der Waals surface area contributed by atoms with Gasteiger partial charge in [0.2, 0.25) is 0 Å². The Morgan fingerprint density at radius 1 is 0.526 bits per heavy atom. The topological polar surface area (TPSA) is 16.4 Å². The lowest BCUT2D eigenvalue weighted by Crippen LogP contribution is -2.55. The summed E-state index contributed by atoms with van der Waals surface area (Å²) in [6.45, 7) is 14.0. The number of furan rings is 1. The molecule has 4 bridgehead atoms. The Bertz CT molecular complexity index is 2780. The van der Waals surface area contributed by atoms with E-state index in [0.717, 1.165) is 40.5 Å². The quantitative estimate of drug-likeness (QED) is 0.175. The van der Waals surface area contributed by atoms with E-state index in [4.69, 9.17) is 4.42 Å². The SMILES string of the molecule is CC(C)c1cc(C(C)C)c2c(c1)oc1cc(N(c3ccc4c(c3)C(C)(C)c3ccccc3-4)c3ccc4c(c3)C3(c5ccccc5-4)C4CC5CC(C4)CC3C5)ccc12. The van der Waals surface area contributed by atoms with Crippen LogP contribution in [0.15, 0.2) is 120 Å². The van der Waals surface area contributed by atoms with Gasteiger partial charge in [0, 0.05) is 44.7 Å². The van der Waals surface area contributed by atoms with E-state index in [0.29, 0.717) is 11.8 Å². The van der Waals surface area contributed by atoms with Crippen LogP contribution in [0.2, 0.25) is 0 Å². The third-order valence-electron chi connectivity index (χ3n) is 15.8. The van der Waals surface area contributed by atoms with Crippen molar-refractivity contribution in [2.24, 2.45) is 23.7 Å². The van der Waals surface area contributed by atoms with Crippen LogP contribution in [0, 0.1) is 23.7 Å². The maximum Gasteiger partial charge on any atom is 0.137 e. The maximum absolute atomic E-state index is 6.89. The average Bonchev–Trinajstić information content (AvgIpc) is 3.80. The van der Waals surface area contributed by atoms with Crippen LogP contribution in [0.3, 0.4) is 0 Å². The molecule has 284 valence electrons. The highest BCUT2D eigenvalue weighted by Gasteiger charge is 2.61. The van der Waals surface area contributed by atoms with Crippen molar-refractivity contribution in [2.75, 3.05) is 4.90 Å². The van der Waals surface area contributed by atoms with Gasteiger partial charge in [0.15, 0.2) is 0 Å². The van der Waals surface area contributed by atoms with E-state index in [1.165, 1.54) is 98.8 Å². The Balaban J connectivity index is 1.08. The number of anilines is 3. The summed E-state index contributed by atoms with van der Waals surface area (Å²) in [6, 6.07) is 45.0. The van der Waals surface area contributed by atoms with E-state index in [-0.39, 0.29) is 10.8 Å². The molecule has 0 atom stereocenters. The van der Waals surface area contributed by atoms with E-state index in [2.05, 4.69) is 162 Å². The van der Waals surface area contributed by atoms with Crippen LogP contribution in [-0.4, -0.2) is 0 Å². The van der Waals surface area contributed by atoms with Crippen molar-refractivity contribution in [1.82, 2.24) is 0 Å². The molecule has 1 spiro atoms. The molecule has 6 aliphatic carbocycles. The standard InChI is InChI=1S/C55H53NO/c1-31(2)35-26-46(32(3)4)53-45-20-17-40(30-51(45)57-52(53)27-35)56(38-15-18-43-41-11-7-9-13-47(41)54(5,6)49(43)28-38)39-16-19-44-42-12-8-10-14-48(42)55(50(44)29-39)36-22-33-21-34(24-36)25-37(55)23-33/h7-20,26-34,36-37H,21-25H2,1-6H3. The van der Waals surface area contributed by atoms with Crippen LogP contribution in [0.1, 0.15) is 119 Å². The number of hydrogen-bond acceptors (Lipinski definition) is 2.